The average molecular weight is 356 g/mol. The van der Waals surface area contributed by atoms with Gasteiger partial charge >= 0.3 is 0 Å². The Hall–Kier alpha value is -1.57. The van der Waals surface area contributed by atoms with Crippen LogP contribution in [0.25, 0.3) is 5.57 Å². The third kappa shape index (κ3) is 8.21. The molecule has 0 unspecified atom stereocenters. The van der Waals surface area contributed by atoms with Gasteiger partial charge in [-0.1, -0.05) is 95.0 Å². The number of carbonyl (C=O) groups is 1. The van der Waals surface area contributed by atoms with E-state index in [-0.39, 0.29) is 5.91 Å². The number of amides is 1. The van der Waals surface area contributed by atoms with Crippen molar-refractivity contribution in [3.8, 4) is 0 Å². The molecule has 0 spiro atoms. The zero-order valence-corrected chi connectivity index (χ0v) is 16.6. The maximum absolute atomic E-state index is 12.5. The molecular weight excluding hydrogens is 318 g/mol. The van der Waals surface area contributed by atoms with E-state index in [1.54, 1.807) is 0 Å². The minimum Gasteiger partial charge on any atom is -0.350 e. The number of benzene rings is 1. The predicted molar refractivity (Wildman–Crippen MR) is 112 cm³/mol. The van der Waals surface area contributed by atoms with Crippen molar-refractivity contribution in [2.45, 2.75) is 96.4 Å². The molecule has 1 aliphatic rings. The Morgan fingerprint density at radius 3 is 2.31 bits per heavy atom. The summed E-state index contributed by atoms with van der Waals surface area (Å²) in [5.74, 6) is 0.0960. The Balaban J connectivity index is 1.85. The first-order chi connectivity index (χ1) is 12.8. The Morgan fingerprint density at radius 1 is 0.962 bits per heavy atom. The van der Waals surface area contributed by atoms with E-state index >= 15 is 0 Å². The molecule has 0 bridgehead atoms. The van der Waals surface area contributed by atoms with Gasteiger partial charge in [0.1, 0.15) is 0 Å². The molecule has 1 amide bonds. The fourth-order valence-corrected chi connectivity index (χ4v) is 3.87. The van der Waals surface area contributed by atoms with Gasteiger partial charge in [0.05, 0.1) is 0 Å². The summed E-state index contributed by atoms with van der Waals surface area (Å²) in [5.41, 5.74) is 2.38. The van der Waals surface area contributed by atoms with Gasteiger partial charge in [-0.15, -0.1) is 0 Å². The van der Waals surface area contributed by atoms with Crippen molar-refractivity contribution in [1.29, 1.82) is 0 Å². The monoisotopic (exact) mass is 355 g/mol. The van der Waals surface area contributed by atoms with Crippen LogP contribution >= 0.6 is 0 Å². The normalized spacial score (nSPS) is 15.8. The van der Waals surface area contributed by atoms with Crippen LogP contribution in [0.15, 0.2) is 36.4 Å². The Bertz CT molecular complexity index is 528. The smallest absolute Gasteiger partial charge is 0.244 e. The van der Waals surface area contributed by atoms with Crippen LogP contribution in [0, 0.1) is 0 Å². The molecule has 1 N–H and O–H groups in total. The lowest BCUT2D eigenvalue weighted by molar-refractivity contribution is -0.117. The quantitative estimate of drug-likeness (QED) is 0.349. The van der Waals surface area contributed by atoms with Crippen molar-refractivity contribution in [3.63, 3.8) is 0 Å². The van der Waals surface area contributed by atoms with Crippen LogP contribution in [0.3, 0.4) is 0 Å². The van der Waals surface area contributed by atoms with Gasteiger partial charge in [-0.3, -0.25) is 4.79 Å². The van der Waals surface area contributed by atoms with Crippen molar-refractivity contribution >= 4 is 11.5 Å². The lowest BCUT2D eigenvalue weighted by Crippen LogP contribution is -2.35. The lowest BCUT2D eigenvalue weighted by Gasteiger charge is -2.22. The number of carbonyl (C=O) groups excluding carboxylic acids is 1. The third-order valence-corrected chi connectivity index (χ3v) is 5.45. The fraction of sp³-hybridized carbons (Fsp3) is 0.625. The summed E-state index contributed by atoms with van der Waals surface area (Å²) in [6, 6.07) is 10.8. The third-order valence-electron chi connectivity index (χ3n) is 5.45. The highest BCUT2D eigenvalue weighted by Gasteiger charge is 2.15. The first-order valence-corrected chi connectivity index (χ1v) is 10.9. The number of hydrogen-bond donors (Lipinski definition) is 1. The molecule has 2 rings (SSSR count). The minimum absolute atomic E-state index is 0.0960. The first kappa shape index (κ1) is 20.7. The second-order valence-electron chi connectivity index (χ2n) is 7.75. The van der Waals surface area contributed by atoms with Crippen LogP contribution in [-0.2, 0) is 4.79 Å². The van der Waals surface area contributed by atoms with E-state index in [0.29, 0.717) is 6.04 Å². The number of hydrogen-bond acceptors (Lipinski definition) is 1. The molecular formula is C24H37NO. The zero-order chi connectivity index (χ0) is 18.5. The van der Waals surface area contributed by atoms with E-state index in [1.807, 2.05) is 12.1 Å². The lowest BCUT2D eigenvalue weighted by atomic mass is 9.95. The van der Waals surface area contributed by atoms with E-state index in [9.17, 15) is 4.79 Å². The van der Waals surface area contributed by atoms with Crippen LogP contribution < -0.4 is 5.32 Å². The summed E-state index contributed by atoms with van der Waals surface area (Å²) < 4.78 is 0. The summed E-state index contributed by atoms with van der Waals surface area (Å²) in [5, 5.41) is 3.23. The molecule has 1 saturated carbocycles. The highest BCUT2D eigenvalue weighted by Crippen LogP contribution is 2.22. The molecule has 0 aliphatic heterocycles. The van der Waals surface area contributed by atoms with Crippen LogP contribution in [0.1, 0.15) is 96.0 Å². The Kier molecular flexibility index (Phi) is 10.2. The van der Waals surface area contributed by atoms with Crippen LogP contribution in [0.4, 0.5) is 0 Å². The molecule has 1 aromatic rings. The number of rotatable bonds is 11. The topological polar surface area (TPSA) is 29.1 Å². The van der Waals surface area contributed by atoms with E-state index < -0.39 is 0 Å². The number of allylic oxidation sites excluding steroid dienone is 1. The summed E-state index contributed by atoms with van der Waals surface area (Å²) >= 11 is 0. The molecule has 2 heteroatoms. The van der Waals surface area contributed by atoms with Crippen molar-refractivity contribution in [2.75, 3.05) is 0 Å². The zero-order valence-electron chi connectivity index (χ0n) is 16.6. The van der Waals surface area contributed by atoms with E-state index in [1.165, 1.54) is 75.3 Å². The Morgan fingerprint density at radius 2 is 1.62 bits per heavy atom. The molecule has 1 fully saturated rings. The summed E-state index contributed by atoms with van der Waals surface area (Å²) in [6.45, 7) is 2.26. The largest absolute Gasteiger partial charge is 0.350 e. The fourth-order valence-electron chi connectivity index (χ4n) is 3.87. The van der Waals surface area contributed by atoms with Gasteiger partial charge in [-0.25, -0.2) is 0 Å². The SMILES string of the molecule is CCCCCCCCCC(=CC(=O)NC1CCCCC1)c1ccccc1. The van der Waals surface area contributed by atoms with Crippen molar-refractivity contribution < 1.29 is 4.79 Å². The molecule has 0 saturated heterocycles. The van der Waals surface area contributed by atoms with E-state index in [2.05, 4.69) is 36.5 Å². The van der Waals surface area contributed by atoms with Crippen molar-refractivity contribution in [2.24, 2.45) is 0 Å². The molecule has 0 heterocycles. The van der Waals surface area contributed by atoms with Gasteiger partial charge in [-0.05, 0) is 36.8 Å². The second kappa shape index (κ2) is 12.7. The molecule has 2 nitrogen and oxygen atoms in total. The Labute approximate surface area is 160 Å². The first-order valence-electron chi connectivity index (χ1n) is 10.9. The maximum Gasteiger partial charge on any atom is 0.244 e. The van der Waals surface area contributed by atoms with Gasteiger partial charge in [0.25, 0.3) is 0 Å². The second-order valence-corrected chi connectivity index (χ2v) is 7.75. The summed E-state index contributed by atoms with van der Waals surface area (Å²) in [6.07, 6.45) is 18.1. The van der Waals surface area contributed by atoms with Gasteiger partial charge in [0, 0.05) is 12.1 Å². The standard InChI is InChI=1S/C24H37NO/c1-2-3-4-5-6-7-10-17-22(21-15-11-8-12-16-21)20-24(26)25-23-18-13-9-14-19-23/h8,11-12,15-16,20,23H,2-7,9-10,13-14,17-19H2,1H3,(H,25,26). The predicted octanol–water partition coefficient (Wildman–Crippen LogP) is 6.66. The van der Waals surface area contributed by atoms with Gasteiger partial charge < -0.3 is 5.32 Å². The highest BCUT2D eigenvalue weighted by molar-refractivity contribution is 5.95. The summed E-state index contributed by atoms with van der Waals surface area (Å²) in [4.78, 5) is 12.5. The minimum atomic E-state index is 0.0960. The van der Waals surface area contributed by atoms with E-state index in [0.717, 1.165) is 19.3 Å². The highest BCUT2D eigenvalue weighted by atomic mass is 16.1. The maximum atomic E-state index is 12.5. The van der Waals surface area contributed by atoms with Gasteiger partial charge in [-0.2, -0.15) is 0 Å². The van der Waals surface area contributed by atoms with Crippen molar-refractivity contribution in [1.82, 2.24) is 5.32 Å². The van der Waals surface area contributed by atoms with Crippen LogP contribution in [0.5, 0.6) is 0 Å². The molecule has 0 radical (unpaired) electrons. The van der Waals surface area contributed by atoms with E-state index in [4.69, 9.17) is 0 Å². The molecule has 26 heavy (non-hydrogen) atoms. The molecule has 1 aromatic carbocycles. The molecule has 0 aromatic heterocycles. The van der Waals surface area contributed by atoms with Gasteiger partial charge in [0.15, 0.2) is 0 Å². The number of unbranched alkanes of at least 4 members (excludes halogenated alkanes) is 6. The molecule has 1 aliphatic carbocycles. The average Bonchev–Trinajstić information content (AvgIpc) is 2.68. The molecule has 144 valence electrons. The van der Waals surface area contributed by atoms with Crippen molar-refractivity contribution in [3.05, 3.63) is 42.0 Å². The summed E-state index contributed by atoms with van der Waals surface area (Å²) in [7, 11) is 0. The number of nitrogens with one attached hydrogen (secondary N) is 1. The van der Waals surface area contributed by atoms with Gasteiger partial charge in [0.2, 0.25) is 5.91 Å². The van der Waals surface area contributed by atoms with Crippen LogP contribution in [-0.4, -0.2) is 11.9 Å². The van der Waals surface area contributed by atoms with Crippen LogP contribution in [0.2, 0.25) is 0 Å². The molecule has 0 atom stereocenters.